The first-order chi connectivity index (χ1) is 8.86. The second-order valence-corrected chi connectivity index (χ2v) is 5.29. The molecule has 4 nitrogen and oxygen atoms in total. The molecule has 1 rings (SSSR count). The van der Waals surface area contributed by atoms with E-state index in [0.29, 0.717) is 6.04 Å². The van der Waals surface area contributed by atoms with E-state index in [1.54, 1.807) is 7.11 Å². The Morgan fingerprint density at radius 3 is 2.67 bits per heavy atom. The summed E-state index contributed by atoms with van der Waals surface area (Å²) in [6.45, 7) is 6.50. The van der Waals surface area contributed by atoms with E-state index in [0.717, 1.165) is 32.5 Å². The predicted octanol–water partition coefficient (Wildman–Crippen LogP) is 1.21. The number of ether oxygens (including phenoxy) is 1. The van der Waals surface area contributed by atoms with E-state index in [4.69, 9.17) is 10.5 Å². The van der Waals surface area contributed by atoms with Crippen LogP contribution in [0.4, 0.5) is 0 Å². The van der Waals surface area contributed by atoms with E-state index in [-0.39, 0.29) is 0 Å². The summed E-state index contributed by atoms with van der Waals surface area (Å²) in [5, 5.41) is 3.59. The van der Waals surface area contributed by atoms with Gasteiger partial charge in [-0.2, -0.15) is 0 Å². The lowest BCUT2D eigenvalue weighted by Gasteiger charge is -2.26. The maximum atomic E-state index is 5.55. The first kappa shape index (κ1) is 15.9. The van der Waals surface area contributed by atoms with Crippen LogP contribution in [-0.2, 0) is 4.74 Å². The molecule has 4 heteroatoms. The molecule has 0 amide bonds. The Morgan fingerprint density at radius 1 is 1.22 bits per heavy atom. The standard InChI is InChI=1S/C14H31N3O/c1-18-13-14(7-5-8-15)16-9-6-12-17-10-3-2-4-11-17/h14,16H,2-13,15H2,1H3. The van der Waals surface area contributed by atoms with Crippen molar-refractivity contribution in [2.75, 3.05) is 46.4 Å². The fourth-order valence-corrected chi connectivity index (χ4v) is 2.60. The number of nitrogens with two attached hydrogens (primary N) is 1. The Hall–Kier alpha value is -0.160. The van der Waals surface area contributed by atoms with Crippen LogP contribution in [0.2, 0.25) is 0 Å². The van der Waals surface area contributed by atoms with E-state index in [1.165, 1.54) is 45.3 Å². The number of piperidine rings is 1. The molecule has 0 spiro atoms. The fourth-order valence-electron chi connectivity index (χ4n) is 2.60. The van der Waals surface area contributed by atoms with Crippen LogP contribution < -0.4 is 11.1 Å². The van der Waals surface area contributed by atoms with Gasteiger partial charge in [-0.15, -0.1) is 0 Å². The van der Waals surface area contributed by atoms with Gasteiger partial charge in [0.25, 0.3) is 0 Å². The van der Waals surface area contributed by atoms with Crippen LogP contribution in [0.3, 0.4) is 0 Å². The molecule has 0 aromatic heterocycles. The highest BCUT2D eigenvalue weighted by Crippen LogP contribution is 2.08. The third-order valence-electron chi connectivity index (χ3n) is 3.66. The lowest BCUT2D eigenvalue weighted by atomic mass is 10.1. The summed E-state index contributed by atoms with van der Waals surface area (Å²) in [6.07, 6.45) is 7.63. The summed E-state index contributed by atoms with van der Waals surface area (Å²) in [7, 11) is 1.77. The minimum absolute atomic E-state index is 0.472. The molecule has 0 aromatic carbocycles. The van der Waals surface area contributed by atoms with Gasteiger partial charge in [-0.1, -0.05) is 6.42 Å². The van der Waals surface area contributed by atoms with Crippen LogP contribution >= 0.6 is 0 Å². The van der Waals surface area contributed by atoms with Gasteiger partial charge in [0.1, 0.15) is 0 Å². The van der Waals surface area contributed by atoms with Crippen molar-refractivity contribution in [1.29, 1.82) is 0 Å². The molecule has 1 saturated heterocycles. The van der Waals surface area contributed by atoms with Crippen molar-refractivity contribution in [2.24, 2.45) is 5.73 Å². The van der Waals surface area contributed by atoms with Gasteiger partial charge in [0.05, 0.1) is 6.61 Å². The van der Waals surface area contributed by atoms with Gasteiger partial charge in [-0.3, -0.25) is 0 Å². The Kier molecular flexibility index (Phi) is 9.48. The Labute approximate surface area is 112 Å². The first-order valence-electron chi connectivity index (χ1n) is 7.51. The minimum Gasteiger partial charge on any atom is -0.383 e. The zero-order valence-corrected chi connectivity index (χ0v) is 12.0. The molecule has 3 N–H and O–H groups in total. The zero-order chi connectivity index (χ0) is 13.1. The fraction of sp³-hybridized carbons (Fsp3) is 1.00. The topological polar surface area (TPSA) is 50.5 Å². The van der Waals surface area contributed by atoms with Crippen LogP contribution in [0.1, 0.15) is 38.5 Å². The molecule has 108 valence electrons. The van der Waals surface area contributed by atoms with Crippen LogP contribution in [0.5, 0.6) is 0 Å². The SMILES string of the molecule is COCC(CCCN)NCCCN1CCCCC1. The van der Waals surface area contributed by atoms with Gasteiger partial charge >= 0.3 is 0 Å². The summed E-state index contributed by atoms with van der Waals surface area (Å²) < 4.78 is 5.23. The van der Waals surface area contributed by atoms with Gasteiger partial charge in [0.15, 0.2) is 0 Å². The van der Waals surface area contributed by atoms with E-state index in [1.807, 2.05) is 0 Å². The maximum absolute atomic E-state index is 5.55. The molecule has 1 atom stereocenters. The monoisotopic (exact) mass is 257 g/mol. The molecule has 0 bridgehead atoms. The Morgan fingerprint density at radius 2 is 2.00 bits per heavy atom. The quantitative estimate of drug-likeness (QED) is 0.578. The highest BCUT2D eigenvalue weighted by atomic mass is 16.5. The molecule has 0 radical (unpaired) electrons. The molecular weight excluding hydrogens is 226 g/mol. The second-order valence-electron chi connectivity index (χ2n) is 5.29. The number of nitrogens with one attached hydrogen (secondary N) is 1. The number of likely N-dealkylation sites (tertiary alicyclic amines) is 1. The molecule has 1 heterocycles. The van der Waals surface area contributed by atoms with Crippen molar-refractivity contribution >= 4 is 0 Å². The lowest BCUT2D eigenvalue weighted by molar-refractivity contribution is 0.160. The molecule has 0 aromatic rings. The predicted molar refractivity (Wildman–Crippen MR) is 76.9 cm³/mol. The summed E-state index contributed by atoms with van der Waals surface area (Å²) in [5.74, 6) is 0. The van der Waals surface area contributed by atoms with E-state index in [9.17, 15) is 0 Å². The van der Waals surface area contributed by atoms with Crippen molar-refractivity contribution in [3.05, 3.63) is 0 Å². The van der Waals surface area contributed by atoms with Crippen LogP contribution in [0.25, 0.3) is 0 Å². The maximum Gasteiger partial charge on any atom is 0.0615 e. The van der Waals surface area contributed by atoms with Crippen molar-refractivity contribution in [3.8, 4) is 0 Å². The average Bonchev–Trinajstić information content (AvgIpc) is 2.42. The molecule has 1 fully saturated rings. The third kappa shape index (κ3) is 7.31. The smallest absolute Gasteiger partial charge is 0.0615 e. The van der Waals surface area contributed by atoms with Crippen LogP contribution in [0.15, 0.2) is 0 Å². The van der Waals surface area contributed by atoms with Gasteiger partial charge in [-0.05, 0) is 64.8 Å². The van der Waals surface area contributed by atoms with Crippen molar-refractivity contribution in [1.82, 2.24) is 10.2 Å². The number of rotatable bonds is 10. The zero-order valence-electron chi connectivity index (χ0n) is 12.0. The molecule has 0 aliphatic carbocycles. The van der Waals surface area contributed by atoms with Gasteiger partial charge < -0.3 is 20.7 Å². The van der Waals surface area contributed by atoms with Gasteiger partial charge in [0, 0.05) is 13.2 Å². The van der Waals surface area contributed by atoms with Gasteiger partial charge in [0.2, 0.25) is 0 Å². The van der Waals surface area contributed by atoms with Crippen molar-refractivity contribution < 1.29 is 4.74 Å². The Bertz CT molecular complexity index is 184. The van der Waals surface area contributed by atoms with Crippen LogP contribution in [0, 0.1) is 0 Å². The summed E-state index contributed by atoms with van der Waals surface area (Å²) in [6, 6.07) is 0.472. The second kappa shape index (κ2) is 10.7. The minimum atomic E-state index is 0.472. The summed E-state index contributed by atoms with van der Waals surface area (Å²) in [5.41, 5.74) is 5.55. The number of nitrogens with zero attached hydrogens (tertiary/aromatic N) is 1. The highest BCUT2D eigenvalue weighted by Gasteiger charge is 2.10. The average molecular weight is 257 g/mol. The number of methoxy groups -OCH3 is 1. The normalized spacial score (nSPS) is 19.0. The molecular formula is C14H31N3O. The third-order valence-corrected chi connectivity index (χ3v) is 3.66. The van der Waals surface area contributed by atoms with E-state index in [2.05, 4.69) is 10.2 Å². The lowest BCUT2D eigenvalue weighted by Crippen LogP contribution is -2.37. The van der Waals surface area contributed by atoms with Crippen molar-refractivity contribution in [3.63, 3.8) is 0 Å². The molecule has 1 unspecified atom stereocenters. The molecule has 1 aliphatic heterocycles. The van der Waals surface area contributed by atoms with E-state index >= 15 is 0 Å². The van der Waals surface area contributed by atoms with Gasteiger partial charge in [-0.25, -0.2) is 0 Å². The molecule has 0 saturated carbocycles. The van der Waals surface area contributed by atoms with E-state index < -0.39 is 0 Å². The number of hydrogen-bond donors (Lipinski definition) is 2. The largest absolute Gasteiger partial charge is 0.383 e. The summed E-state index contributed by atoms with van der Waals surface area (Å²) >= 11 is 0. The first-order valence-corrected chi connectivity index (χ1v) is 7.51. The molecule has 1 aliphatic rings. The molecule has 18 heavy (non-hydrogen) atoms. The number of hydrogen-bond acceptors (Lipinski definition) is 4. The van der Waals surface area contributed by atoms with Crippen molar-refractivity contribution in [2.45, 2.75) is 44.6 Å². The van der Waals surface area contributed by atoms with Crippen LogP contribution in [-0.4, -0.2) is 57.4 Å². The summed E-state index contributed by atoms with van der Waals surface area (Å²) in [4.78, 5) is 2.59. The highest BCUT2D eigenvalue weighted by molar-refractivity contribution is 4.69. The Balaban J connectivity index is 2.02.